The lowest BCUT2D eigenvalue weighted by Crippen LogP contribution is -2.35. The third-order valence-corrected chi connectivity index (χ3v) is 3.11. The van der Waals surface area contributed by atoms with E-state index >= 15 is 0 Å². The Morgan fingerprint density at radius 2 is 1.84 bits per heavy atom. The summed E-state index contributed by atoms with van der Waals surface area (Å²) in [5, 5.41) is 11.1. The van der Waals surface area contributed by atoms with Gasteiger partial charge in [-0.05, 0) is 17.7 Å². The van der Waals surface area contributed by atoms with Crippen LogP contribution in [0.3, 0.4) is 0 Å². The summed E-state index contributed by atoms with van der Waals surface area (Å²) in [6, 6.07) is 10.5. The van der Waals surface area contributed by atoms with Crippen LogP contribution in [0.15, 0.2) is 48.5 Å². The van der Waals surface area contributed by atoms with E-state index in [9.17, 15) is 18.4 Å². The number of hydrogen-bond donors (Lipinski definition) is 4. The number of hydrazine groups is 1. The number of carbonyl (C=O) groups is 2. The normalized spacial score (nSPS) is 11.3. The Balaban J connectivity index is 1.89. The van der Waals surface area contributed by atoms with Gasteiger partial charge in [-0.15, -0.1) is 0 Å². The van der Waals surface area contributed by atoms with Crippen LogP contribution in [0, 0.1) is 11.6 Å². The van der Waals surface area contributed by atoms with E-state index in [1.54, 1.807) is 30.3 Å². The molecule has 0 aliphatic carbocycles. The van der Waals surface area contributed by atoms with Crippen molar-refractivity contribution in [3.8, 4) is 0 Å². The molecule has 0 fully saturated rings. The van der Waals surface area contributed by atoms with Gasteiger partial charge in [-0.1, -0.05) is 30.3 Å². The second kappa shape index (κ2) is 8.48. The van der Waals surface area contributed by atoms with Gasteiger partial charge in [0.05, 0.1) is 11.7 Å². The van der Waals surface area contributed by atoms with Gasteiger partial charge in [-0.25, -0.2) is 23.8 Å². The van der Waals surface area contributed by atoms with Gasteiger partial charge in [-0.3, -0.25) is 5.43 Å². The SMILES string of the molecule is O=C(O)N[C@@H](COC(=O)NNc1ccc(F)cc1F)c1ccccc1. The van der Waals surface area contributed by atoms with E-state index in [0.29, 0.717) is 11.6 Å². The topological polar surface area (TPSA) is 99.7 Å². The molecule has 0 aliphatic rings. The van der Waals surface area contributed by atoms with E-state index in [1.165, 1.54) is 0 Å². The first kappa shape index (κ1) is 18.0. The van der Waals surface area contributed by atoms with E-state index in [4.69, 9.17) is 9.84 Å². The van der Waals surface area contributed by atoms with E-state index in [1.807, 2.05) is 0 Å². The molecule has 2 rings (SSSR count). The minimum absolute atomic E-state index is 0.151. The lowest BCUT2D eigenvalue weighted by Gasteiger charge is -2.18. The molecule has 7 nitrogen and oxygen atoms in total. The van der Waals surface area contributed by atoms with E-state index in [0.717, 1.165) is 12.1 Å². The first-order valence-electron chi connectivity index (χ1n) is 7.14. The summed E-state index contributed by atoms with van der Waals surface area (Å²) in [5.74, 6) is -1.65. The molecule has 0 radical (unpaired) electrons. The van der Waals surface area contributed by atoms with Crippen LogP contribution in [0.5, 0.6) is 0 Å². The van der Waals surface area contributed by atoms with E-state index < -0.39 is 29.9 Å². The van der Waals surface area contributed by atoms with Gasteiger partial charge in [0.1, 0.15) is 12.4 Å². The Morgan fingerprint density at radius 1 is 1.12 bits per heavy atom. The zero-order valence-electron chi connectivity index (χ0n) is 12.8. The number of hydrogen-bond acceptors (Lipinski definition) is 4. The Bertz CT molecular complexity index is 743. The molecule has 0 spiro atoms. The molecule has 0 aliphatic heterocycles. The maximum absolute atomic E-state index is 13.4. The summed E-state index contributed by atoms with van der Waals surface area (Å²) in [4.78, 5) is 22.5. The number of halogens is 2. The molecule has 25 heavy (non-hydrogen) atoms. The van der Waals surface area contributed by atoms with Crippen LogP contribution in [0.25, 0.3) is 0 Å². The predicted octanol–water partition coefficient (Wildman–Crippen LogP) is 3.03. The van der Waals surface area contributed by atoms with Crippen LogP contribution < -0.4 is 16.2 Å². The lowest BCUT2D eigenvalue weighted by atomic mass is 10.1. The zero-order chi connectivity index (χ0) is 18.2. The third-order valence-electron chi connectivity index (χ3n) is 3.11. The first-order chi connectivity index (χ1) is 12.0. The molecule has 0 aromatic heterocycles. The first-order valence-corrected chi connectivity index (χ1v) is 7.14. The number of anilines is 1. The van der Waals surface area contributed by atoms with Crippen molar-refractivity contribution in [2.24, 2.45) is 0 Å². The van der Waals surface area contributed by atoms with Crippen molar-refractivity contribution < 1.29 is 28.2 Å². The standard InChI is InChI=1S/C16H15F2N3O4/c17-11-6-7-13(12(18)8-11)20-21-16(24)25-9-14(19-15(22)23)10-4-2-1-3-5-10/h1-8,14,19-20H,9H2,(H,21,24)(H,22,23)/t14-/m0/s1. The number of carboxylic acid groups (broad SMARTS) is 1. The van der Waals surface area contributed by atoms with Gasteiger partial charge < -0.3 is 15.2 Å². The average molecular weight is 351 g/mol. The lowest BCUT2D eigenvalue weighted by molar-refractivity contribution is 0.131. The van der Waals surface area contributed by atoms with E-state index in [-0.39, 0.29) is 12.3 Å². The van der Waals surface area contributed by atoms with Gasteiger partial charge in [0, 0.05) is 6.07 Å². The summed E-state index contributed by atoms with van der Waals surface area (Å²) >= 11 is 0. The largest absolute Gasteiger partial charge is 0.465 e. The van der Waals surface area contributed by atoms with Crippen molar-refractivity contribution in [2.75, 3.05) is 12.0 Å². The molecule has 9 heteroatoms. The molecule has 0 unspecified atom stereocenters. The highest BCUT2D eigenvalue weighted by atomic mass is 19.1. The zero-order valence-corrected chi connectivity index (χ0v) is 12.8. The Kier molecular flexibility index (Phi) is 6.10. The molecular formula is C16H15F2N3O4. The highest BCUT2D eigenvalue weighted by Crippen LogP contribution is 2.14. The van der Waals surface area contributed by atoms with Gasteiger partial charge in [0.25, 0.3) is 0 Å². The highest BCUT2D eigenvalue weighted by Gasteiger charge is 2.16. The summed E-state index contributed by atoms with van der Waals surface area (Å²) in [6.45, 7) is -0.282. The minimum Gasteiger partial charge on any atom is -0.465 e. The molecule has 0 saturated heterocycles. The van der Waals surface area contributed by atoms with Gasteiger partial charge >= 0.3 is 12.2 Å². The molecule has 2 amide bonds. The Hall–Kier alpha value is -3.36. The monoisotopic (exact) mass is 351 g/mol. The van der Waals surface area contributed by atoms with Crippen molar-refractivity contribution in [2.45, 2.75) is 6.04 Å². The van der Waals surface area contributed by atoms with Gasteiger partial charge in [0.15, 0.2) is 5.82 Å². The smallest absolute Gasteiger partial charge is 0.426 e. The fourth-order valence-electron chi connectivity index (χ4n) is 1.96. The number of amides is 2. The number of benzene rings is 2. The number of rotatable bonds is 6. The van der Waals surface area contributed by atoms with E-state index in [2.05, 4.69) is 16.2 Å². The molecule has 2 aromatic rings. The van der Waals surface area contributed by atoms with Crippen molar-refractivity contribution >= 4 is 17.9 Å². The van der Waals surface area contributed by atoms with Gasteiger partial charge in [-0.2, -0.15) is 0 Å². The maximum atomic E-state index is 13.4. The molecular weight excluding hydrogens is 336 g/mol. The fraction of sp³-hybridized carbons (Fsp3) is 0.125. The van der Waals surface area contributed by atoms with Crippen LogP contribution in [-0.4, -0.2) is 23.9 Å². The van der Waals surface area contributed by atoms with Crippen LogP contribution in [0.2, 0.25) is 0 Å². The van der Waals surface area contributed by atoms with Crippen LogP contribution in [0.4, 0.5) is 24.1 Å². The second-order valence-corrected chi connectivity index (χ2v) is 4.89. The van der Waals surface area contributed by atoms with Crippen molar-refractivity contribution in [3.05, 3.63) is 65.7 Å². The summed E-state index contributed by atoms with van der Waals surface area (Å²) in [6.07, 6.45) is -2.23. The number of ether oxygens (including phenoxy) is 1. The predicted molar refractivity (Wildman–Crippen MR) is 84.8 cm³/mol. The quantitative estimate of drug-likeness (QED) is 0.600. The van der Waals surface area contributed by atoms with Gasteiger partial charge in [0.2, 0.25) is 0 Å². The molecule has 132 valence electrons. The summed E-state index contributed by atoms with van der Waals surface area (Å²) in [7, 11) is 0. The molecule has 0 bridgehead atoms. The maximum Gasteiger partial charge on any atom is 0.426 e. The van der Waals surface area contributed by atoms with Crippen LogP contribution >= 0.6 is 0 Å². The number of nitrogens with one attached hydrogen (secondary N) is 3. The average Bonchev–Trinajstić information content (AvgIpc) is 2.58. The molecule has 1 atom stereocenters. The van der Waals surface area contributed by atoms with Crippen molar-refractivity contribution in [1.82, 2.24) is 10.7 Å². The number of carbonyl (C=O) groups excluding carboxylic acids is 1. The van der Waals surface area contributed by atoms with Crippen molar-refractivity contribution in [1.29, 1.82) is 0 Å². The second-order valence-electron chi connectivity index (χ2n) is 4.89. The summed E-state index contributed by atoms with van der Waals surface area (Å²) < 4.78 is 31.1. The van der Waals surface area contributed by atoms with Crippen LogP contribution in [0.1, 0.15) is 11.6 Å². The highest BCUT2D eigenvalue weighted by molar-refractivity contribution is 5.69. The minimum atomic E-state index is -1.27. The fourth-order valence-corrected chi connectivity index (χ4v) is 1.96. The van der Waals surface area contributed by atoms with Crippen molar-refractivity contribution in [3.63, 3.8) is 0 Å². The molecule has 0 saturated carbocycles. The Labute approximate surface area is 141 Å². The molecule has 2 aromatic carbocycles. The summed E-state index contributed by atoms with van der Waals surface area (Å²) in [5.41, 5.74) is 4.77. The third kappa shape index (κ3) is 5.65. The van der Waals surface area contributed by atoms with Crippen LogP contribution in [-0.2, 0) is 4.74 Å². The molecule has 4 N–H and O–H groups in total. The Morgan fingerprint density at radius 3 is 2.48 bits per heavy atom. The molecule has 0 heterocycles.